The van der Waals surface area contributed by atoms with E-state index < -0.39 is 0 Å². The van der Waals surface area contributed by atoms with Gasteiger partial charge in [0.25, 0.3) is 0 Å². The summed E-state index contributed by atoms with van der Waals surface area (Å²) in [6, 6.07) is 1.86. The molecule has 0 saturated carbocycles. The normalized spacial score (nSPS) is 10.3. The first kappa shape index (κ1) is 14.0. The Kier molecular flexibility index (Phi) is 4.29. The zero-order valence-electron chi connectivity index (χ0n) is 11.8. The predicted octanol–water partition coefficient (Wildman–Crippen LogP) is 0.827. The molecule has 2 rings (SSSR count). The number of carbonyl (C=O) groups excluding carboxylic acids is 1. The van der Waals surface area contributed by atoms with Crippen molar-refractivity contribution in [1.82, 2.24) is 24.8 Å². The molecule has 2 heterocycles. The Labute approximate surface area is 117 Å². The van der Waals surface area contributed by atoms with Crippen LogP contribution in [0, 0.1) is 13.8 Å². The van der Waals surface area contributed by atoms with E-state index in [9.17, 15) is 4.79 Å². The third-order valence-electron chi connectivity index (χ3n) is 2.70. The van der Waals surface area contributed by atoms with Gasteiger partial charge in [0.1, 0.15) is 23.3 Å². The van der Waals surface area contributed by atoms with Crippen molar-refractivity contribution >= 4 is 11.7 Å². The molecule has 2 N–H and O–H groups in total. The average molecular weight is 274 g/mol. The van der Waals surface area contributed by atoms with Crippen LogP contribution in [0.2, 0.25) is 0 Å². The highest BCUT2D eigenvalue weighted by Gasteiger charge is 2.05. The van der Waals surface area contributed by atoms with Crippen molar-refractivity contribution < 1.29 is 4.79 Å². The maximum Gasteiger partial charge on any atom is 0.216 e. The number of nitrogens with zero attached hydrogens (tertiary/aromatic N) is 4. The summed E-state index contributed by atoms with van der Waals surface area (Å²) in [6.07, 6.45) is 3.59. The van der Waals surface area contributed by atoms with E-state index in [1.807, 2.05) is 30.7 Å². The largest absolute Gasteiger partial charge is 0.368 e. The Balaban J connectivity index is 2.09. The van der Waals surface area contributed by atoms with Crippen molar-refractivity contribution in [1.29, 1.82) is 0 Å². The minimum Gasteiger partial charge on any atom is -0.368 e. The molecule has 7 nitrogen and oxygen atoms in total. The van der Waals surface area contributed by atoms with E-state index in [4.69, 9.17) is 0 Å². The highest BCUT2D eigenvalue weighted by Crippen LogP contribution is 2.12. The predicted molar refractivity (Wildman–Crippen MR) is 75.8 cm³/mol. The van der Waals surface area contributed by atoms with E-state index in [1.54, 1.807) is 6.20 Å². The average Bonchev–Trinajstić information content (AvgIpc) is 2.80. The molecule has 0 bridgehead atoms. The molecule has 106 valence electrons. The second-order valence-electron chi connectivity index (χ2n) is 4.41. The molecular formula is C13H18N6O. The van der Waals surface area contributed by atoms with Crippen LogP contribution < -0.4 is 10.6 Å². The summed E-state index contributed by atoms with van der Waals surface area (Å²) in [5, 5.41) is 5.88. The van der Waals surface area contributed by atoms with Gasteiger partial charge in [0.2, 0.25) is 5.91 Å². The number of aryl methyl sites for hydroxylation is 2. The molecule has 0 spiro atoms. The smallest absolute Gasteiger partial charge is 0.216 e. The van der Waals surface area contributed by atoms with E-state index in [1.165, 1.54) is 6.92 Å². The van der Waals surface area contributed by atoms with Crippen molar-refractivity contribution in [3.8, 4) is 5.82 Å². The second kappa shape index (κ2) is 6.14. The van der Waals surface area contributed by atoms with Gasteiger partial charge >= 0.3 is 0 Å². The molecule has 0 aliphatic rings. The first-order chi connectivity index (χ1) is 9.56. The van der Waals surface area contributed by atoms with E-state index in [2.05, 4.69) is 25.6 Å². The van der Waals surface area contributed by atoms with Crippen molar-refractivity contribution in [3.63, 3.8) is 0 Å². The number of aromatic nitrogens is 4. The highest BCUT2D eigenvalue weighted by atomic mass is 16.1. The first-order valence-electron chi connectivity index (χ1n) is 6.40. The van der Waals surface area contributed by atoms with Crippen LogP contribution in [0.4, 0.5) is 5.82 Å². The van der Waals surface area contributed by atoms with Crippen molar-refractivity contribution in [2.75, 3.05) is 18.4 Å². The Morgan fingerprint density at radius 3 is 2.75 bits per heavy atom. The summed E-state index contributed by atoms with van der Waals surface area (Å²) >= 11 is 0. The quantitative estimate of drug-likeness (QED) is 0.789. The van der Waals surface area contributed by atoms with E-state index >= 15 is 0 Å². The molecule has 2 aromatic heterocycles. The fourth-order valence-corrected chi connectivity index (χ4v) is 1.82. The van der Waals surface area contributed by atoms with Crippen LogP contribution in [-0.2, 0) is 4.79 Å². The summed E-state index contributed by atoms with van der Waals surface area (Å²) in [5.41, 5.74) is 0. The van der Waals surface area contributed by atoms with Crippen LogP contribution >= 0.6 is 0 Å². The number of nitrogens with one attached hydrogen (secondary N) is 2. The number of hydrogen-bond acceptors (Lipinski definition) is 5. The lowest BCUT2D eigenvalue weighted by Crippen LogP contribution is -2.26. The third-order valence-corrected chi connectivity index (χ3v) is 2.70. The van der Waals surface area contributed by atoms with Gasteiger partial charge in [-0.1, -0.05) is 0 Å². The number of hydrogen-bond donors (Lipinski definition) is 2. The molecule has 7 heteroatoms. The SMILES string of the molecule is CC(=O)NCCNc1cc(-n2ccnc2C)nc(C)n1. The summed E-state index contributed by atoms with van der Waals surface area (Å²) in [5.74, 6) is 3.01. The van der Waals surface area contributed by atoms with Crippen LogP contribution in [0.5, 0.6) is 0 Å². The van der Waals surface area contributed by atoms with Crippen molar-refractivity contribution in [3.05, 3.63) is 30.1 Å². The van der Waals surface area contributed by atoms with Crippen LogP contribution in [0.1, 0.15) is 18.6 Å². The minimum atomic E-state index is -0.0413. The van der Waals surface area contributed by atoms with E-state index in [-0.39, 0.29) is 5.91 Å². The summed E-state index contributed by atoms with van der Waals surface area (Å²) < 4.78 is 1.90. The van der Waals surface area contributed by atoms with Crippen LogP contribution in [-0.4, -0.2) is 38.5 Å². The van der Waals surface area contributed by atoms with Gasteiger partial charge < -0.3 is 10.6 Å². The summed E-state index contributed by atoms with van der Waals surface area (Å²) in [6.45, 7) is 6.42. The topological polar surface area (TPSA) is 84.7 Å². The van der Waals surface area contributed by atoms with Crippen LogP contribution in [0.3, 0.4) is 0 Å². The Morgan fingerprint density at radius 2 is 2.10 bits per heavy atom. The van der Waals surface area contributed by atoms with Crippen LogP contribution in [0.25, 0.3) is 5.82 Å². The lowest BCUT2D eigenvalue weighted by Gasteiger charge is -2.10. The third kappa shape index (κ3) is 3.53. The lowest BCUT2D eigenvalue weighted by atomic mass is 10.4. The Bertz CT molecular complexity index is 607. The van der Waals surface area contributed by atoms with Gasteiger partial charge in [-0.15, -0.1) is 0 Å². The molecule has 20 heavy (non-hydrogen) atoms. The van der Waals surface area contributed by atoms with E-state index in [0.29, 0.717) is 18.9 Å². The molecule has 0 aromatic carbocycles. The fourth-order valence-electron chi connectivity index (χ4n) is 1.82. The summed E-state index contributed by atoms with van der Waals surface area (Å²) in [7, 11) is 0. The van der Waals surface area contributed by atoms with Crippen LogP contribution in [0.15, 0.2) is 18.5 Å². The molecule has 2 aromatic rings. The zero-order chi connectivity index (χ0) is 14.5. The molecule has 0 atom stereocenters. The molecule has 0 aliphatic heterocycles. The van der Waals surface area contributed by atoms with Gasteiger partial charge in [-0.3, -0.25) is 9.36 Å². The minimum absolute atomic E-state index is 0.0413. The number of imidazole rings is 1. The van der Waals surface area contributed by atoms with Gasteiger partial charge in [-0.25, -0.2) is 15.0 Å². The second-order valence-corrected chi connectivity index (χ2v) is 4.41. The summed E-state index contributed by atoms with van der Waals surface area (Å²) in [4.78, 5) is 23.7. The van der Waals surface area contributed by atoms with Crippen molar-refractivity contribution in [2.24, 2.45) is 0 Å². The van der Waals surface area contributed by atoms with Gasteiger partial charge in [0, 0.05) is 38.5 Å². The zero-order valence-corrected chi connectivity index (χ0v) is 11.8. The molecule has 0 fully saturated rings. The van der Waals surface area contributed by atoms with E-state index in [0.717, 1.165) is 17.5 Å². The standard InChI is InChI=1S/C13H18N6O/c1-9-17-12(16-5-4-15-11(3)20)8-13(18-9)19-7-6-14-10(19)2/h6-8H,4-5H2,1-3H3,(H,15,20)(H,16,17,18). The fraction of sp³-hybridized carbons (Fsp3) is 0.385. The number of rotatable bonds is 5. The highest BCUT2D eigenvalue weighted by molar-refractivity contribution is 5.72. The van der Waals surface area contributed by atoms with Gasteiger partial charge in [-0.2, -0.15) is 0 Å². The molecule has 1 amide bonds. The molecule has 0 aliphatic carbocycles. The molecule has 0 radical (unpaired) electrons. The lowest BCUT2D eigenvalue weighted by molar-refractivity contribution is -0.118. The van der Waals surface area contributed by atoms with Crippen molar-refractivity contribution in [2.45, 2.75) is 20.8 Å². The monoisotopic (exact) mass is 274 g/mol. The number of amides is 1. The van der Waals surface area contributed by atoms with Gasteiger partial charge in [-0.05, 0) is 13.8 Å². The van der Waals surface area contributed by atoms with Gasteiger partial charge in [0.05, 0.1) is 0 Å². The first-order valence-corrected chi connectivity index (χ1v) is 6.40. The maximum atomic E-state index is 10.8. The molecule has 0 unspecified atom stereocenters. The number of anilines is 1. The molecular weight excluding hydrogens is 256 g/mol. The maximum absolute atomic E-state index is 10.8. The Morgan fingerprint density at radius 1 is 1.30 bits per heavy atom. The van der Waals surface area contributed by atoms with Gasteiger partial charge in [0.15, 0.2) is 0 Å². The Hall–Kier alpha value is -2.44. The molecule has 0 saturated heterocycles. The number of carbonyl (C=O) groups is 1.